The first-order valence-electron chi connectivity index (χ1n) is 12.0. The maximum Gasteiger partial charge on any atom is 0.338 e. The van der Waals surface area contributed by atoms with Crippen molar-refractivity contribution < 1.29 is 9.53 Å². The number of esters is 1. The Balaban J connectivity index is 1.44. The molecule has 0 heterocycles. The zero-order chi connectivity index (χ0) is 19.8. The smallest absolute Gasteiger partial charge is 0.338 e. The molecule has 2 fully saturated rings. The Bertz CT molecular complexity index is 575. The van der Waals surface area contributed by atoms with Crippen LogP contribution in [0, 0.1) is 17.8 Å². The van der Waals surface area contributed by atoms with Gasteiger partial charge in [0.05, 0.1) is 12.2 Å². The number of rotatable bonds is 8. The van der Waals surface area contributed by atoms with E-state index in [9.17, 15) is 4.79 Å². The molecule has 1 aromatic carbocycles. The van der Waals surface area contributed by atoms with Crippen molar-refractivity contribution in [2.75, 3.05) is 6.61 Å². The van der Waals surface area contributed by atoms with Crippen LogP contribution in [0.3, 0.4) is 0 Å². The molecule has 2 saturated carbocycles. The van der Waals surface area contributed by atoms with Gasteiger partial charge in [0.25, 0.3) is 0 Å². The summed E-state index contributed by atoms with van der Waals surface area (Å²) in [5.74, 6) is 3.47. The fraction of sp³-hybridized carbons (Fsp3) is 0.731. The monoisotopic (exact) mass is 384 g/mol. The topological polar surface area (TPSA) is 26.3 Å². The Morgan fingerprint density at radius 1 is 0.857 bits per heavy atom. The van der Waals surface area contributed by atoms with Crippen LogP contribution >= 0.6 is 0 Å². The first-order chi connectivity index (χ1) is 13.7. The largest absolute Gasteiger partial charge is 0.462 e. The van der Waals surface area contributed by atoms with E-state index >= 15 is 0 Å². The molecule has 0 amide bonds. The summed E-state index contributed by atoms with van der Waals surface area (Å²) in [6, 6.07) is 8.27. The number of benzene rings is 1. The number of unbranched alkanes of at least 4 members (excludes halogenated alkanes) is 2. The molecule has 0 atom stereocenters. The molecule has 2 aliphatic rings. The first kappa shape index (κ1) is 21.4. The summed E-state index contributed by atoms with van der Waals surface area (Å²) < 4.78 is 5.37. The number of ether oxygens (including phenoxy) is 1. The van der Waals surface area contributed by atoms with Crippen molar-refractivity contribution >= 4 is 5.97 Å². The van der Waals surface area contributed by atoms with Crippen molar-refractivity contribution in [1.82, 2.24) is 0 Å². The Morgan fingerprint density at radius 2 is 1.46 bits per heavy atom. The van der Waals surface area contributed by atoms with Gasteiger partial charge in [-0.25, -0.2) is 4.79 Å². The van der Waals surface area contributed by atoms with Crippen LogP contribution in [-0.4, -0.2) is 12.6 Å². The van der Waals surface area contributed by atoms with Gasteiger partial charge in [0.15, 0.2) is 0 Å². The van der Waals surface area contributed by atoms with Gasteiger partial charge < -0.3 is 4.74 Å². The van der Waals surface area contributed by atoms with Gasteiger partial charge >= 0.3 is 5.97 Å². The van der Waals surface area contributed by atoms with E-state index in [-0.39, 0.29) is 5.97 Å². The normalized spacial score (nSPS) is 28.1. The molecule has 28 heavy (non-hydrogen) atoms. The van der Waals surface area contributed by atoms with E-state index in [4.69, 9.17) is 4.74 Å². The van der Waals surface area contributed by atoms with Crippen LogP contribution in [0.4, 0.5) is 0 Å². The first-order valence-corrected chi connectivity index (χ1v) is 12.0. The molecule has 0 unspecified atom stereocenters. The SMILES string of the molecule is CCCCCOC(=O)c1ccc(C2CCC([C@H]3CC[C@H](CC)CC3)CC2)cc1. The van der Waals surface area contributed by atoms with E-state index in [1.54, 1.807) is 0 Å². The van der Waals surface area contributed by atoms with Crippen molar-refractivity contribution in [3.8, 4) is 0 Å². The van der Waals surface area contributed by atoms with Gasteiger partial charge in [0, 0.05) is 0 Å². The lowest BCUT2D eigenvalue weighted by Crippen LogP contribution is -2.25. The highest BCUT2D eigenvalue weighted by molar-refractivity contribution is 5.89. The molecule has 3 rings (SSSR count). The van der Waals surface area contributed by atoms with Crippen molar-refractivity contribution in [2.45, 2.75) is 96.8 Å². The van der Waals surface area contributed by atoms with E-state index in [1.807, 2.05) is 12.1 Å². The van der Waals surface area contributed by atoms with E-state index in [1.165, 1.54) is 63.4 Å². The van der Waals surface area contributed by atoms with Crippen LogP contribution in [0.25, 0.3) is 0 Å². The standard InChI is InChI=1S/C26H40O2/c1-3-5-6-19-28-26(27)25-17-15-24(16-18-25)23-13-11-22(12-14-23)21-9-7-20(4-2)8-10-21/h15-18,20-23H,3-14,19H2,1-2H3/t20-,21-,22?,23?. The van der Waals surface area contributed by atoms with Crippen LogP contribution < -0.4 is 0 Å². The van der Waals surface area contributed by atoms with Crippen molar-refractivity contribution in [3.63, 3.8) is 0 Å². The third-order valence-electron chi connectivity index (χ3n) is 7.51. The molecule has 0 aliphatic heterocycles. The van der Waals surface area contributed by atoms with Crippen LogP contribution in [0.2, 0.25) is 0 Å². The maximum atomic E-state index is 12.1. The summed E-state index contributed by atoms with van der Waals surface area (Å²) >= 11 is 0. The average molecular weight is 385 g/mol. The van der Waals surface area contributed by atoms with Gasteiger partial charge in [0.1, 0.15) is 0 Å². The molecule has 0 N–H and O–H groups in total. The Labute approximate surface area is 172 Å². The Kier molecular flexibility index (Phi) is 8.43. The van der Waals surface area contributed by atoms with Crippen molar-refractivity contribution in [1.29, 1.82) is 0 Å². The summed E-state index contributed by atoms with van der Waals surface area (Å²) in [4.78, 5) is 12.1. The lowest BCUT2D eigenvalue weighted by Gasteiger charge is -2.38. The van der Waals surface area contributed by atoms with Gasteiger partial charge in [-0.2, -0.15) is 0 Å². The third-order valence-corrected chi connectivity index (χ3v) is 7.51. The zero-order valence-corrected chi connectivity index (χ0v) is 18.1. The fourth-order valence-corrected chi connectivity index (χ4v) is 5.48. The molecule has 0 aromatic heterocycles. The zero-order valence-electron chi connectivity index (χ0n) is 18.1. The molecule has 1 aromatic rings. The molecule has 2 nitrogen and oxygen atoms in total. The van der Waals surface area contributed by atoms with Crippen LogP contribution in [0.5, 0.6) is 0 Å². The minimum atomic E-state index is -0.172. The van der Waals surface area contributed by atoms with Crippen LogP contribution in [0.15, 0.2) is 24.3 Å². The second-order valence-electron chi connectivity index (χ2n) is 9.27. The summed E-state index contributed by atoms with van der Waals surface area (Å²) in [6.45, 7) is 5.05. The van der Waals surface area contributed by atoms with Gasteiger partial charge in [-0.15, -0.1) is 0 Å². The molecule has 156 valence electrons. The van der Waals surface area contributed by atoms with Gasteiger partial charge in [-0.3, -0.25) is 0 Å². The molecular weight excluding hydrogens is 344 g/mol. The third kappa shape index (κ3) is 5.84. The Hall–Kier alpha value is -1.31. The number of carbonyl (C=O) groups excluding carboxylic acids is 1. The van der Waals surface area contributed by atoms with E-state index in [2.05, 4.69) is 26.0 Å². The van der Waals surface area contributed by atoms with Crippen molar-refractivity contribution in [2.24, 2.45) is 17.8 Å². The number of hydrogen-bond donors (Lipinski definition) is 0. The second kappa shape index (κ2) is 11.0. The van der Waals surface area contributed by atoms with E-state index < -0.39 is 0 Å². The second-order valence-corrected chi connectivity index (χ2v) is 9.27. The molecule has 0 saturated heterocycles. The summed E-state index contributed by atoms with van der Waals surface area (Å²) in [5.41, 5.74) is 2.11. The molecule has 2 heteroatoms. The highest BCUT2D eigenvalue weighted by atomic mass is 16.5. The fourth-order valence-electron chi connectivity index (χ4n) is 5.48. The summed E-state index contributed by atoms with van der Waals surface area (Å²) in [7, 11) is 0. The Morgan fingerprint density at radius 3 is 2.04 bits per heavy atom. The van der Waals surface area contributed by atoms with Gasteiger partial charge in [0.2, 0.25) is 0 Å². The highest BCUT2D eigenvalue weighted by Crippen LogP contribution is 2.44. The molecule has 0 spiro atoms. The highest BCUT2D eigenvalue weighted by Gasteiger charge is 2.30. The molecule has 0 bridgehead atoms. The predicted molar refractivity (Wildman–Crippen MR) is 117 cm³/mol. The molecule has 0 radical (unpaired) electrons. The maximum absolute atomic E-state index is 12.1. The summed E-state index contributed by atoms with van der Waals surface area (Å²) in [5, 5.41) is 0. The average Bonchev–Trinajstić information content (AvgIpc) is 2.77. The quantitative estimate of drug-likeness (QED) is 0.342. The number of hydrogen-bond acceptors (Lipinski definition) is 2. The van der Waals surface area contributed by atoms with Gasteiger partial charge in [-0.05, 0) is 86.3 Å². The minimum Gasteiger partial charge on any atom is -0.462 e. The van der Waals surface area contributed by atoms with Crippen LogP contribution in [-0.2, 0) is 4.74 Å². The van der Waals surface area contributed by atoms with E-state index in [0.717, 1.165) is 37.0 Å². The predicted octanol–water partition coefficient (Wildman–Crippen LogP) is 7.52. The molecule has 2 aliphatic carbocycles. The van der Waals surface area contributed by atoms with E-state index in [0.29, 0.717) is 18.1 Å². The number of carbonyl (C=O) groups is 1. The van der Waals surface area contributed by atoms with Crippen molar-refractivity contribution in [3.05, 3.63) is 35.4 Å². The van der Waals surface area contributed by atoms with Crippen LogP contribution in [0.1, 0.15) is 113 Å². The van der Waals surface area contributed by atoms with Gasteiger partial charge in [-0.1, -0.05) is 58.1 Å². The lowest BCUT2D eigenvalue weighted by atomic mass is 9.68. The lowest BCUT2D eigenvalue weighted by molar-refractivity contribution is 0.0498. The molecular formula is C26H40O2. The summed E-state index contributed by atoms with van der Waals surface area (Å²) in [6.07, 6.45) is 15.9. The minimum absolute atomic E-state index is 0.172.